The van der Waals surface area contributed by atoms with Crippen molar-refractivity contribution in [1.29, 1.82) is 0 Å². The van der Waals surface area contributed by atoms with Gasteiger partial charge in [-0.05, 0) is 62.5 Å². The van der Waals surface area contributed by atoms with Crippen molar-refractivity contribution < 1.29 is 67.8 Å². The number of aliphatic hydroxyl groups is 3. The van der Waals surface area contributed by atoms with Crippen LogP contribution in [0.15, 0.2) is 89.6 Å². The van der Waals surface area contributed by atoms with Crippen LogP contribution in [-0.2, 0) is 47.7 Å². The van der Waals surface area contributed by atoms with E-state index in [-0.39, 0.29) is 35.3 Å². The average molecular weight is 876 g/mol. The molecule has 4 aliphatic rings. The van der Waals surface area contributed by atoms with E-state index < -0.39 is 113 Å². The van der Waals surface area contributed by atoms with Gasteiger partial charge in [0, 0.05) is 37.7 Å². The molecule has 4 N–H and O–H groups in total. The lowest BCUT2D eigenvalue weighted by atomic mass is 9.44. The number of aliphatic hydroxyl groups excluding tert-OH is 2. The minimum absolute atomic E-state index is 0.00506. The molecule has 15 heteroatoms. The normalized spacial score (nSPS) is 32.2. The number of ketones is 1. The minimum Gasteiger partial charge on any atom is -0.456 e. The number of rotatable bonds is 14. The number of amides is 1. The van der Waals surface area contributed by atoms with Gasteiger partial charge in [0.25, 0.3) is 5.91 Å². The largest absolute Gasteiger partial charge is 0.456 e. The van der Waals surface area contributed by atoms with Crippen LogP contribution >= 0.6 is 0 Å². The van der Waals surface area contributed by atoms with Gasteiger partial charge in [-0.2, -0.15) is 0 Å². The second kappa shape index (κ2) is 18.9. The molecule has 63 heavy (non-hydrogen) atoms. The van der Waals surface area contributed by atoms with E-state index in [2.05, 4.69) is 11.9 Å². The summed E-state index contributed by atoms with van der Waals surface area (Å²) in [5.74, 6) is -6.93. The molecule has 11 atom stereocenters. The Morgan fingerprint density at radius 3 is 2.21 bits per heavy atom. The summed E-state index contributed by atoms with van der Waals surface area (Å²) in [6.07, 6.45) is -0.811. The van der Waals surface area contributed by atoms with E-state index in [1.165, 1.54) is 32.1 Å². The highest BCUT2D eigenvalue weighted by Crippen LogP contribution is 2.64. The number of fused-ring (bicyclic) bond motifs is 5. The molecule has 5 rings (SSSR count). The second-order valence-electron chi connectivity index (χ2n) is 17.7. The summed E-state index contributed by atoms with van der Waals surface area (Å²) in [7, 11) is 0. The highest BCUT2D eigenvalue weighted by Gasteiger charge is 2.78. The molecule has 1 heterocycles. The zero-order chi connectivity index (χ0) is 46.8. The van der Waals surface area contributed by atoms with Gasteiger partial charge in [-0.1, -0.05) is 82.9 Å². The molecule has 1 aromatic rings. The molecule has 1 unspecified atom stereocenters. The topological polar surface area (TPSA) is 221 Å². The Morgan fingerprint density at radius 1 is 0.984 bits per heavy atom. The van der Waals surface area contributed by atoms with Crippen LogP contribution < -0.4 is 5.32 Å². The van der Waals surface area contributed by atoms with Gasteiger partial charge in [0.2, 0.25) is 0 Å². The van der Waals surface area contributed by atoms with Gasteiger partial charge in [-0.15, -0.1) is 0 Å². The predicted octanol–water partition coefficient (Wildman–Crippen LogP) is 4.48. The number of ether oxygens (including phenoxy) is 5. The van der Waals surface area contributed by atoms with Gasteiger partial charge in [0.1, 0.15) is 23.9 Å². The fourth-order valence-corrected chi connectivity index (χ4v) is 9.83. The molecule has 2 saturated carbocycles. The minimum atomic E-state index is -2.39. The molecule has 1 aromatic carbocycles. The number of benzene rings is 1. The first-order valence-electron chi connectivity index (χ1n) is 21.3. The second-order valence-corrected chi connectivity index (χ2v) is 17.7. The van der Waals surface area contributed by atoms with Crippen LogP contribution in [-0.4, -0.2) is 111 Å². The van der Waals surface area contributed by atoms with E-state index in [9.17, 15) is 39.3 Å². The number of hydrogen-bond donors (Lipinski definition) is 4. The first-order chi connectivity index (χ1) is 29.5. The van der Waals surface area contributed by atoms with E-state index in [4.69, 9.17) is 23.7 Å². The first-order valence-corrected chi connectivity index (χ1v) is 21.3. The van der Waals surface area contributed by atoms with Crippen LogP contribution in [0.5, 0.6) is 0 Å². The third kappa shape index (κ3) is 8.85. The molecule has 15 nitrogen and oxygen atoms in total. The van der Waals surface area contributed by atoms with Crippen molar-refractivity contribution in [2.45, 2.75) is 142 Å². The predicted molar refractivity (Wildman–Crippen MR) is 228 cm³/mol. The average Bonchev–Trinajstić information content (AvgIpc) is 3.22. The van der Waals surface area contributed by atoms with E-state index in [0.29, 0.717) is 18.4 Å². The van der Waals surface area contributed by atoms with Crippen molar-refractivity contribution in [3.63, 3.8) is 0 Å². The Kier molecular flexibility index (Phi) is 14.6. The molecule has 1 amide bonds. The van der Waals surface area contributed by atoms with E-state index in [0.717, 1.165) is 13.8 Å². The molecule has 342 valence electrons. The maximum absolute atomic E-state index is 15.5. The molecule has 0 spiro atoms. The molecule has 2 bridgehead atoms. The standard InChI is InChI=1S/C48H61NO14/c1-11-13-16-20-26(3)36(49-42(55)27(4)19-14-12-2)37(53)44(57)61-32-24-48(58)41(62-43(56)31-21-17-15-18-22-31)39-46(10,33(52)23-34-47(39,25-59-34)63-30(7)51)40(54)38(60-29(6)50)35(28(32)5)45(48,8)9/h13-22,32-34,36-39,41,52-53,58H,4,11-12,23-25H2,1-3,5-10H3,(H,49,55)/b16-13-,19-14-,26-20+/t32-,33-,34+,36-,37+,38+,39?,41-,46+,47-,48+/m0/s1. The highest BCUT2D eigenvalue weighted by atomic mass is 16.6. The van der Waals surface area contributed by atoms with Crippen molar-refractivity contribution in [2.24, 2.45) is 16.7 Å². The van der Waals surface area contributed by atoms with Crippen LogP contribution in [0, 0.1) is 16.7 Å². The lowest BCUT2D eigenvalue weighted by molar-refractivity contribution is -0.346. The van der Waals surface area contributed by atoms with Crippen molar-refractivity contribution in [3.05, 3.63) is 95.1 Å². The summed E-state index contributed by atoms with van der Waals surface area (Å²) < 4.78 is 30.3. The molecule has 3 fully saturated rings. The molecule has 1 aliphatic heterocycles. The molecular formula is C48H61NO14. The third-order valence-corrected chi connectivity index (χ3v) is 13.4. The van der Waals surface area contributed by atoms with E-state index >= 15 is 4.79 Å². The summed E-state index contributed by atoms with van der Waals surface area (Å²) in [4.78, 5) is 83.3. The Labute approximate surface area is 368 Å². The van der Waals surface area contributed by atoms with Gasteiger partial charge >= 0.3 is 23.9 Å². The van der Waals surface area contributed by atoms with Crippen molar-refractivity contribution in [1.82, 2.24) is 5.32 Å². The zero-order valence-electron chi connectivity index (χ0n) is 37.5. The third-order valence-electron chi connectivity index (χ3n) is 13.4. The summed E-state index contributed by atoms with van der Waals surface area (Å²) >= 11 is 0. The lowest BCUT2D eigenvalue weighted by Crippen LogP contribution is -2.82. The van der Waals surface area contributed by atoms with Gasteiger partial charge in [-0.3, -0.25) is 19.2 Å². The fourth-order valence-electron chi connectivity index (χ4n) is 9.83. The SMILES string of the molecule is C=C(/C=C\CC)C(=O)N[C@@H](/C(C)=C/C=C\CC)[C@@H](O)C(=O)O[C@H]1C[C@@]2(O)[C@@H](OC(=O)c3ccccc3)C3[C@](C)(C(=O)[C@H](OC(C)=O)C(=C1C)C2(C)C)[C@@H](O)C[C@H]1OC[C@@]31OC(C)=O. The molecule has 0 radical (unpaired) electrons. The van der Waals surface area contributed by atoms with Crippen LogP contribution in [0.4, 0.5) is 0 Å². The summed E-state index contributed by atoms with van der Waals surface area (Å²) in [6, 6.07) is 6.51. The molecule has 0 aromatic heterocycles. The van der Waals surface area contributed by atoms with Crippen LogP contribution in [0.3, 0.4) is 0 Å². The van der Waals surface area contributed by atoms with Gasteiger partial charge < -0.3 is 44.3 Å². The van der Waals surface area contributed by atoms with Crippen molar-refractivity contribution >= 4 is 35.6 Å². The van der Waals surface area contributed by atoms with Crippen LogP contribution in [0.1, 0.15) is 98.4 Å². The fraction of sp³-hybridized carbons (Fsp3) is 0.542. The Morgan fingerprint density at radius 2 is 1.63 bits per heavy atom. The molecule has 1 saturated heterocycles. The van der Waals surface area contributed by atoms with E-state index in [1.807, 2.05) is 19.9 Å². The molecule has 3 aliphatic carbocycles. The van der Waals surface area contributed by atoms with Crippen LogP contribution in [0.2, 0.25) is 0 Å². The number of carbonyl (C=O) groups excluding carboxylic acids is 6. The smallest absolute Gasteiger partial charge is 0.338 e. The number of esters is 4. The number of carbonyl (C=O) groups is 6. The molecular weight excluding hydrogens is 815 g/mol. The van der Waals surface area contributed by atoms with E-state index in [1.54, 1.807) is 57.2 Å². The number of allylic oxidation sites excluding steroid dienone is 4. The van der Waals surface area contributed by atoms with Crippen LogP contribution in [0.25, 0.3) is 0 Å². The highest BCUT2D eigenvalue weighted by molar-refractivity contribution is 5.97. The quantitative estimate of drug-likeness (QED) is 0.0666. The van der Waals surface area contributed by atoms with Crippen molar-refractivity contribution in [2.75, 3.05) is 6.61 Å². The number of Topliss-reactive ketones (excluding diaryl/α,β-unsaturated/α-hetero) is 1. The van der Waals surface area contributed by atoms with Gasteiger partial charge in [0.05, 0.1) is 35.6 Å². The Bertz CT molecular complexity index is 2120. The maximum atomic E-state index is 15.5. The maximum Gasteiger partial charge on any atom is 0.338 e. The summed E-state index contributed by atoms with van der Waals surface area (Å²) in [5.41, 5.74) is -7.21. The monoisotopic (exact) mass is 875 g/mol. The summed E-state index contributed by atoms with van der Waals surface area (Å²) in [5, 5.41) is 40.2. The lowest BCUT2D eigenvalue weighted by Gasteiger charge is -2.67. The number of hydrogen-bond acceptors (Lipinski definition) is 14. The Hall–Kier alpha value is -5.22. The van der Waals surface area contributed by atoms with Crippen molar-refractivity contribution in [3.8, 4) is 0 Å². The zero-order valence-corrected chi connectivity index (χ0v) is 37.5. The Balaban J connectivity index is 1.72. The first kappa shape index (κ1) is 48.8. The summed E-state index contributed by atoms with van der Waals surface area (Å²) in [6.45, 7) is 17.2. The van der Waals surface area contributed by atoms with Gasteiger partial charge in [-0.25, -0.2) is 9.59 Å². The number of nitrogens with one attached hydrogen (secondary N) is 1. The van der Waals surface area contributed by atoms with Gasteiger partial charge in [0.15, 0.2) is 23.6 Å².